The summed E-state index contributed by atoms with van der Waals surface area (Å²) in [5.41, 5.74) is 2.42. The maximum atomic E-state index is 6.32. The molecule has 0 spiro atoms. The molecular formula is C20H19NO2. The molecule has 0 amide bonds. The van der Waals surface area contributed by atoms with E-state index in [0.717, 1.165) is 31.1 Å². The first-order valence-corrected chi connectivity index (χ1v) is 7.93. The maximum Gasteiger partial charge on any atom is 0.136 e. The Balaban J connectivity index is 1.65. The van der Waals surface area contributed by atoms with Crippen LogP contribution in [0.15, 0.2) is 77.4 Å². The minimum atomic E-state index is 0.0230. The number of hydrogen-bond donors (Lipinski definition) is 0. The van der Waals surface area contributed by atoms with Gasteiger partial charge < -0.3 is 9.15 Å². The Labute approximate surface area is 136 Å². The van der Waals surface area contributed by atoms with E-state index in [4.69, 9.17) is 9.15 Å². The molecule has 3 aromatic rings. The van der Waals surface area contributed by atoms with Crippen LogP contribution in [0.5, 0.6) is 5.75 Å². The van der Waals surface area contributed by atoms with Crippen molar-refractivity contribution in [2.75, 3.05) is 6.54 Å². The second-order valence-corrected chi connectivity index (χ2v) is 5.87. The first-order chi connectivity index (χ1) is 11.4. The minimum Gasteiger partial charge on any atom is -0.484 e. The van der Waals surface area contributed by atoms with Crippen LogP contribution in [0.1, 0.15) is 23.0 Å². The zero-order chi connectivity index (χ0) is 15.5. The third-order valence-electron chi connectivity index (χ3n) is 4.19. The van der Waals surface area contributed by atoms with Crippen LogP contribution >= 0.6 is 0 Å². The van der Waals surface area contributed by atoms with Gasteiger partial charge in [-0.15, -0.1) is 0 Å². The van der Waals surface area contributed by atoms with Crippen LogP contribution in [0, 0.1) is 0 Å². The van der Waals surface area contributed by atoms with Gasteiger partial charge in [0.05, 0.1) is 12.8 Å². The molecule has 1 atom stereocenters. The number of nitrogens with zero attached hydrogens (tertiary/aromatic N) is 1. The molecule has 0 saturated carbocycles. The molecule has 0 aliphatic carbocycles. The van der Waals surface area contributed by atoms with E-state index in [2.05, 4.69) is 47.4 Å². The highest BCUT2D eigenvalue weighted by atomic mass is 16.5. The minimum absolute atomic E-state index is 0.0230. The van der Waals surface area contributed by atoms with Gasteiger partial charge in [-0.2, -0.15) is 0 Å². The molecule has 3 heteroatoms. The normalized spacial score (nSPS) is 18.0. The fourth-order valence-corrected chi connectivity index (χ4v) is 3.06. The van der Waals surface area contributed by atoms with Crippen molar-refractivity contribution in [3.63, 3.8) is 0 Å². The van der Waals surface area contributed by atoms with Gasteiger partial charge in [-0.1, -0.05) is 48.5 Å². The molecular weight excluding hydrogens is 286 g/mol. The smallest absolute Gasteiger partial charge is 0.136 e. The summed E-state index contributed by atoms with van der Waals surface area (Å²) < 4.78 is 11.8. The first kappa shape index (κ1) is 14.1. The SMILES string of the molecule is c1ccc([C@@H]2CN(Cc3ccco3)Cc3ccccc3O2)cc1. The predicted octanol–water partition coefficient (Wildman–Crippen LogP) is 4.42. The Hall–Kier alpha value is -2.52. The summed E-state index contributed by atoms with van der Waals surface area (Å²) in [6.45, 7) is 2.48. The van der Waals surface area contributed by atoms with Crippen molar-refractivity contribution in [1.82, 2.24) is 4.90 Å². The maximum absolute atomic E-state index is 6.32. The highest BCUT2D eigenvalue weighted by Crippen LogP contribution is 2.31. The Morgan fingerprint density at radius 3 is 2.57 bits per heavy atom. The quantitative estimate of drug-likeness (QED) is 0.716. The lowest BCUT2D eigenvalue weighted by Crippen LogP contribution is -2.27. The lowest BCUT2D eigenvalue weighted by Gasteiger charge is -2.23. The second kappa shape index (κ2) is 6.31. The molecule has 2 aromatic carbocycles. The summed E-state index contributed by atoms with van der Waals surface area (Å²) >= 11 is 0. The Kier molecular flexibility index (Phi) is 3.86. The second-order valence-electron chi connectivity index (χ2n) is 5.87. The molecule has 0 bridgehead atoms. The molecule has 116 valence electrons. The molecule has 0 fully saturated rings. The third kappa shape index (κ3) is 3.15. The number of ether oxygens (including phenoxy) is 1. The lowest BCUT2D eigenvalue weighted by molar-refractivity contribution is 0.138. The van der Waals surface area contributed by atoms with Crippen molar-refractivity contribution >= 4 is 0 Å². The molecule has 1 aromatic heterocycles. The van der Waals surface area contributed by atoms with E-state index >= 15 is 0 Å². The summed E-state index contributed by atoms with van der Waals surface area (Å²) in [4.78, 5) is 2.38. The number of fused-ring (bicyclic) bond motifs is 1. The van der Waals surface area contributed by atoms with Gasteiger partial charge in [0, 0.05) is 18.7 Å². The summed E-state index contributed by atoms with van der Waals surface area (Å²) in [6.07, 6.45) is 1.75. The Morgan fingerprint density at radius 1 is 0.913 bits per heavy atom. The van der Waals surface area contributed by atoms with E-state index in [1.165, 1.54) is 11.1 Å². The Morgan fingerprint density at radius 2 is 1.74 bits per heavy atom. The average molecular weight is 305 g/mol. The van der Waals surface area contributed by atoms with E-state index in [0.29, 0.717) is 0 Å². The molecule has 0 N–H and O–H groups in total. The summed E-state index contributed by atoms with van der Waals surface area (Å²) in [5.74, 6) is 1.96. The van der Waals surface area contributed by atoms with Crippen molar-refractivity contribution in [2.45, 2.75) is 19.2 Å². The topological polar surface area (TPSA) is 25.6 Å². The van der Waals surface area contributed by atoms with Gasteiger partial charge in [0.25, 0.3) is 0 Å². The van der Waals surface area contributed by atoms with Gasteiger partial charge in [-0.05, 0) is 23.8 Å². The lowest BCUT2D eigenvalue weighted by atomic mass is 10.1. The number of rotatable bonds is 3. The van der Waals surface area contributed by atoms with Crippen LogP contribution in [0.4, 0.5) is 0 Å². The van der Waals surface area contributed by atoms with Crippen LogP contribution < -0.4 is 4.74 Å². The van der Waals surface area contributed by atoms with Crippen molar-refractivity contribution in [1.29, 1.82) is 0 Å². The fraction of sp³-hybridized carbons (Fsp3) is 0.200. The molecule has 1 aliphatic heterocycles. The summed E-state index contributed by atoms with van der Waals surface area (Å²) in [6, 6.07) is 22.7. The van der Waals surface area contributed by atoms with Gasteiger partial charge in [0.1, 0.15) is 17.6 Å². The van der Waals surface area contributed by atoms with E-state index in [-0.39, 0.29) is 6.10 Å². The molecule has 0 saturated heterocycles. The average Bonchev–Trinajstić information content (AvgIpc) is 3.02. The van der Waals surface area contributed by atoms with Crippen molar-refractivity contribution in [3.05, 3.63) is 89.9 Å². The van der Waals surface area contributed by atoms with Crippen LogP contribution in [0.3, 0.4) is 0 Å². The van der Waals surface area contributed by atoms with Gasteiger partial charge in [-0.25, -0.2) is 0 Å². The largest absolute Gasteiger partial charge is 0.484 e. The van der Waals surface area contributed by atoms with Gasteiger partial charge in [0.2, 0.25) is 0 Å². The van der Waals surface area contributed by atoms with Crippen molar-refractivity contribution in [2.24, 2.45) is 0 Å². The van der Waals surface area contributed by atoms with E-state index in [9.17, 15) is 0 Å². The number of furan rings is 1. The molecule has 0 unspecified atom stereocenters. The molecule has 0 radical (unpaired) electrons. The van der Waals surface area contributed by atoms with Crippen molar-refractivity contribution < 1.29 is 9.15 Å². The highest BCUT2D eigenvalue weighted by Gasteiger charge is 2.24. The third-order valence-corrected chi connectivity index (χ3v) is 4.19. The monoisotopic (exact) mass is 305 g/mol. The van der Waals surface area contributed by atoms with Crippen LogP contribution in [-0.4, -0.2) is 11.4 Å². The van der Waals surface area contributed by atoms with Crippen LogP contribution in [0.25, 0.3) is 0 Å². The van der Waals surface area contributed by atoms with Crippen LogP contribution in [0.2, 0.25) is 0 Å². The zero-order valence-corrected chi connectivity index (χ0v) is 12.9. The summed E-state index contributed by atoms with van der Waals surface area (Å²) in [5, 5.41) is 0. The van der Waals surface area contributed by atoms with Crippen molar-refractivity contribution in [3.8, 4) is 5.75 Å². The van der Waals surface area contributed by atoms with Gasteiger partial charge in [-0.3, -0.25) is 4.90 Å². The summed E-state index contributed by atoms with van der Waals surface area (Å²) in [7, 11) is 0. The standard InChI is InChI=1S/C20H19NO2/c1-2-7-16(8-3-1)20-15-21(14-18-10-6-12-22-18)13-17-9-4-5-11-19(17)23-20/h1-12,20H,13-15H2/t20-/m0/s1. The zero-order valence-electron chi connectivity index (χ0n) is 12.9. The highest BCUT2D eigenvalue weighted by molar-refractivity contribution is 5.35. The predicted molar refractivity (Wildman–Crippen MR) is 89.1 cm³/mol. The van der Waals surface area contributed by atoms with Crippen LogP contribution in [-0.2, 0) is 13.1 Å². The molecule has 1 aliphatic rings. The number of benzene rings is 2. The van der Waals surface area contributed by atoms with E-state index < -0.39 is 0 Å². The molecule has 3 nitrogen and oxygen atoms in total. The fourth-order valence-electron chi connectivity index (χ4n) is 3.06. The Bertz CT molecular complexity index is 752. The van der Waals surface area contributed by atoms with E-state index in [1.807, 2.05) is 24.3 Å². The molecule has 4 rings (SSSR count). The number of hydrogen-bond acceptors (Lipinski definition) is 3. The molecule has 23 heavy (non-hydrogen) atoms. The number of para-hydroxylation sites is 1. The molecule has 2 heterocycles. The first-order valence-electron chi connectivity index (χ1n) is 7.93. The van der Waals surface area contributed by atoms with Gasteiger partial charge in [0.15, 0.2) is 0 Å². The van der Waals surface area contributed by atoms with E-state index in [1.54, 1.807) is 6.26 Å². The van der Waals surface area contributed by atoms with Gasteiger partial charge >= 0.3 is 0 Å².